The molecule has 1 aliphatic rings. The Hall–Kier alpha value is -2.86. The van der Waals surface area contributed by atoms with E-state index in [1.807, 2.05) is 43.5 Å². The van der Waals surface area contributed by atoms with Crippen molar-refractivity contribution in [2.75, 3.05) is 11.5 Å². The van der Waals surface area contributed by atoms with Crippen LogP contribution in [-0.2, 0) is 6.54 Å². The molecule has 0 saturated carbocycles. The minimum Gasteiger partial charge on any atom is -0.494 e. The predicted molar refractivity (Wildman–Crippen MR) is 116 cm³/mol. The van der Waals surface area contributed by atoms with Gasteiger partial charge in [0, 0.05) is 30.3 Å². The maximum Gasteiger partial charge on any atom is 0.174 e. The Kier molecular flexibility index (Phi) is 5.30. The van der Waals surface area contributed by atoms with Gasteiger partial charge in [0.05, 0.1) is 18.3 Å². The lowest BCUT2D eigenvalue weighted by atomic mass is 10.0. The van der Waals surface area contributed by atoms with E-state index in [1.54, 1.807) is 0 Å². The zero-order valence-electron chi connectivity index (χ0n) is 16.1. The van der Waals surface area contributed by atoms with Crippen molar-refractivity contribution in [2.45, 2.75) is 32.5 Å². The molecule has 144 valence electrons. The van der Waals surface area contributed by atoms with E-state index in [1.165, 1.54) is 5.69 Å². The number of aromatic nitrogens is 2. The topological polar surface area (TPSA) is 42.3 Å². The number of hydrogen-bond donors (Lipinski definition) is 1. The maximum absolute atomic E-state index is 5.76. The molecule has 3 aromatic rings. The predicted octanol–water partition coefficient (Wildman–Crippen LogP) is 4.48. The third-order valence-electron chi connectivity index (χ3n) is 5.03. The molecule has 6 heteroatoms. The van der Waals surface area contributed by atoms with Crippen molar-refractivity contribution in [3.63, 3.8) is 0 Å². The van der Waals surface area contributed by atoms with Crippen LogP contribution in [0.15, 0.2) is 67.0 Å². The molecule has 4 rings (SSSR count). The van der Waals surface area contributed by atoms with Crippen LogP contribution in [0.2, 0.25) is 0 Å². The SMILES string of the molecule is CCOc1ccc(N2C(=S)NC(c3ccccn3)C2c2cccn2CC)cc1. The number of nitrogens with zero attached hydrogens (tertiary/aromatic N) is 3. The van der Waals surface area contributed by atoms with Crippen LogP contribution in [0.4, 0.5) is 5.69 Å². The number of pyridine rings is 1. The van der Waals surface area contributed by atoms with Crippen LogP contribution in [-0.4, -0.2) is 21.3 Å². The number of rotatable bonds is 6. The number of benzene rings is 1. The van der Waals surface area contributed by atoms with Crippen LogP contribution in [0.25, 0.3) is 0 Å². The Balaban J connectivity index is 1.78. The minimum absolute atomic E-state index is 0.00953. The molecule has 0 spiro atoms. The summed E-state index contributed by atoms with van der Waals surface area (Å²) in [6.07, 6.45) is 3.94. The molecule has 1 saturated heterocycles. The normalized spacial score (nSPS) is 18.9. The smallest absolute Gasteiger partial charge is 0.174 e. The zero-order chi connectivity index (χ0) is 19.5. The molecule has 1 N–H and O–H groups in total. The van der Waals surface area contributed by atoms with Gasteiger partial charge in [0.15, 0.2) is 5.11 Å². The summed E-state index contributed by atoms with van der Waals surface area (Å²) in [5, 5.41) is 4.20. The first-order valence-corrected chi connectivity index (χ1v) is 10.0. The van der Waals surface area contributed by atoms with Gasteiger partial charge in [0.2, 0.25) is 0 Å². The Morgan fingerprint density at radius 1 is 1.07 bits per heavy atom. The molecule has 1 aromatic carbocycles. The molecule has 2 unspecified atom stereocenters. The molecule has 3 heterocycles. The van der Waals surface area contributed by atoms with E-state index < -0.39 is 0 Å². The number of ether oxygens (including phenoxy) is 1. The van der Waals surface area contributed by atoms with Crippen molar-refractivity contribution in [3.05, 3.63) is 78.4 Å². The van der Waals surface area contributed by atoms with E-state index in [-0.39, 0.29) is 12.1 Å². The Bertz CT molecular complexity index is 939. The zero-order valence-corrected chi connectivity index (χ0v) is 16.9. The summed E-state index contributed by atoms with van der Waals surface area (Å²) in [4.78, 5) is 6.79. The van der Waals surface area contributed by atoms with Crippen molar-refractivity contribution in [3.8, 4) is 5.75 Å². The van der Waals surface area contributed by atoms with E-state index in [2.05, 4.69) is 57.2 Å². The first kappa shape index (κ1) is 18.5. The first-order chi connectivity index (χ1) is 13.7. The van der Waals surface area contributed by atoms with Crippen LogP contribution in [0.3, 0.4) is 0 Å². The van der Waals surface area contributed by atoms with Crippen LogP contribution >= 0.6 is 12.2 Å². The molecule has 1 fully saturated rings. The van der Waals surface area contributed by atoms with Gasteiger partial charge in [-0.2, -0.15) is 0 Å². The summed E-state index contributed by atoms with van der Waals surface area (Å²) < 4.78 is 7.86. The fraction of sp³-hybridized carbons (Fsp3) is 0.273. The second kappa shape index (κ2) is 8.02. The Morgan fingerprint density at radius 2 is 1.89 bits per heavy atom. The standard InChI is InChI=1S/C22H24N4OS/c1-3-25-15-7-9-19(25)21-20(18-8-5-6-14-23-18)24-22(28)26(21)16-10-12-17(13-11-16)27-4-2/h5-15,20-21H,3-4H2,1-2H3,(H,24,28). The molecule has 0 bridgehead atoms. The monoisotopic (exact) mass is 392 g/mol. The minimum atomic E-state index is -0.0273. The number of thiocarbonyl (C=S) groups is 1. The maximum atomic E-state index is 5.76. The summed E-state index contributed by atoms with van der Waals surface area (Å²) in [6, 6.07) is 18.3. The van der Waals surface area contributed by atoms with Gasteiger partial charge in [0.25, 0.3) is 0 Å². The quantitative estimate of drug-likeness (QED) is 0.627. The average molecular weight is 393 g/mol. The molecule has 2 aromatic heterocycles. The Morgan fingerprint density at radius 3 is 2.57 bits per heavy atom. The second-order valence-corrected chi connectivity index (χ2v) is 7.03. The summed E-state index contributed by atoms with van der Waals surface area (Å²) >= 11 is 5.76. The van der Waals surface area contributed by atoms with E-state index >= 15 is 0 Å². The van der Waals surface area contributed by atoms with Crippen molar-refractivity contribution < 1.29 is 4.74 Å². The van der Waals surface area contributed by atoms with E-state index in [4.69, 9.17) is 17.0 Å². The van der Waals surface area contributed by atoms with Gasteiger partial charge in [-0.3, -0.25) is 4.98 Å². The van der Waals surface area contributed by atoms with Crippen LogP contribution in [0.5, 0.6) is 5.75 Å². The second-order valence-electron chi connectivity index (χ2n) is 6.64. The summed E-state index contributed by atoms with van der Waals surface area (Å²) in [6.45, 7) is 5.69. The molecule has 0 radical (unpaired) electrons. The van der Waals surface area contributed by atoms with Gasteiger partial charge in [-0.25, -0.2) is 0 Å². The lowest BCUT2D eigenvalue weighted by molar-refractivity contribution is 0.340. The number of nitrogens with one attached hydrogen (secondary N) is 1. The number of anilines is 1. The van der Waals surface area contributed by atoms with Gasteiger partial charge >= 0.3 is 0 Å². The van der Waals surface area contributed by atoms with Gasteiger partial charge in [-0.15, -0.1) is 0 Å². The molecule has 0 amide bonds. The third kappa shape index (κ3) is 3.36. The third-order valence-corrected chi connectivity index (χ3v) is 5.35. The first-order valence-electron chi connectivity index (χ1n) is 9.61. The molecular formula is C22H24N4OS. The van der Waals surface area contributed by atoms with Crippen molar-refractivity contribution in [1.82, 2.24) is 14.9 Å². The molecular weight excluding hydrogens is 368 g/mol. The number of hydrogen-bond acceptors (Lipinski definition) is 3. The molecule has 0 aliphatic carbocycles. The van der Waals surface area contributed by atoms with Crippen molar-refractivity contribution in [1.29, 1.82) is 0 Å². The largest absolute Gasteiger partial charge is 0.494 e. The molecule has 5 nitrogen and oxygen atoms in total. The molecule has 2 atom stereocenters. The highest BCUT2D eigenvalue weighted by Crippen LogP contribution is 2.41. The highest BCUT2D eigenvalue weighted by molar-refractivity contribution is 7.80. The average Bonchev–Trinajstić information content (AvgIpc) is 3.33. The molecule has 1 aliphatic heterocycles. The van der Waals surface area contributed by atoms with Gasteiger partial charge in [0.1, 0.15) is 11.8 Å². The van der Waals surface area contributed by atoms with E-state index in [9.17, 15) is 0 Å². The molecule has 28 heavy (non-hydrogen) atoms. The lowest BCUT2D eigenvalue weighted by Crippen LogP contribution is -2.30. The highest BCUT2D eigenvalue weighted by atomic mass is 32.1. The Labute approximate surface area is 171 Å². The van der Waals surface area contributed by atoms with Gasteiger partial charge in [-0.1, -0.05) is 6.07 Å². The fourth-order valence-electron chi connectivity index (χ4n) is 3.79. The van der Waals surface area contributed by atoms with Crippen molar-refractivity contribution >= 4 is 23.0 Å². The summed E-state index contributed by atoms with van der Waals surface area (Å²) in [7, 11) is 0. The highest BCUT2D eigenvalue weighted by Gasteiger charge is 2.41. The fourth-order valence-corrected chi connectivity index (χ4v) is 4.13. The summed E-state index contributed by atoms with van der Waals surface area (Å²) in [5.41, 5.74) is 3.22. The lowest BCUT2D eigenvalue weighted by Gasteiger charge is -2.29. The number of aryl methyl sites for hydroxylation is 1. The van der Waals surface area contributed by atoms with Gasteiger partial charge < -0.3 is 19.5 Å². The van der Waals surface area contributed by atoms with E-state index in [0.717, 1.165) is 23.7 Å². The van der Waals surface area contributed by atoms with Gasteiger partial charge in [-0.05, 0) is 74.6 Å². The summed E-state index contributed by atoms with van der Waals surface area (Å²) in [5.74, 6) is 0.860. The van der Waals surface area contributed by atoms with E-state index in [0.29, 0.717) is 11.7 Å². The van der Waals surface area contributed by atoms with Crippen LogP contribution < -0.4 is 15.0 Å². The van der Waals surface area contributed by atoms with Crippen molar-refractivity contribution in [2.24, 2.45) is 0 Å². The van der Waals surface area contributed by atoms with Crippen LogP contribution in [0, 0.1) is 0 Å². The van der Waals surface area contributed by atoms with Crippen LogP contribution in [0.1, 0.15) is 37.3 Å².